The first-order valence-electron chi connectivity index (χ1n) is 6.84. The third kappa shape index (κ3) is 3.52. The molecule has 2 N–H and O–H groups in total. The van der Waals surface area contributed by atoms with Crippen LogP contribution in [0.5, 0.6) is 5.75 Å². The summed E-state index contributed by atoms with van der Waals surface area (Å²) in [6, 6.07) is 11.3. The highest BCUT2D eigenvalue weighted by Gasteiger charge is 2.14. The summed E-state index contributed by atoms with van der Waals surface area (Å²) in [6.07, 6.45) is 0. The molecule has 5 nitrogen and oxygen atoms in total. The van der Waals surface area contributed by atoms with Gasteiger partial charge in [-0.05, 0) is 47.9 Å². The van der Waals surface area contributed by atoms with Crippen LogP contribution in [0.3, 0.4) is 0 Å². The van der Waals surface area contributed by atoms with Crippen molar-refractivity contribution in [3.05, 3.63) is 63.9 Å². The molecule has 122 valence electrons. The number of ether oxygens (including phenoxy) is 1. The van der Waals surface area contributed by atoms with E-state index in [2.05, 4.69) is 9.36 Å². The fourth-order valence-electron chi connectivity index (χ4n) is 1.98. The summed E-state index contributed by atoms with van der Waals surface area (Å²) in [5.74, 6) is -1.15. The molecular weight excluding hydrogens is 353 g/mol. The fourth-order valence-corrected chi connectivity index (χ4v) is 2.68. The monoisotopic (exact) mass is 363 g/mol. The van der Waals surface area contributed by atoms with Gasteiger partial charge in [-0.15, -0.1) is 0 Å². The highest BCUT2D eigenvalue weighted by Crippen LogP contribution is 2.23. The van der Waals surface area contributed by atoms with Crippen molar-refractivity contribution in [3.8, 4) is 17.1 Å². The summed E-state index contributed by atoms with van der Waals surface area (Å²) < 4.78 is 23.7. The standard InChI is InChI=1S/C16H11ClFN3O2S/c17-10-6-4-9(5-7-10)16-20-13(24-21-16)8-23-12-3-1-2-11(14(12)18)15(19)22/h1-7H,8H2,(H2,19,22). The number of carbonyl (C=O) groups excluding carboxylic acids is 1. The number of benzene rings is 2. The van der Waals surface area contributed by atoms with E-state index >= 15 is 0 Å². The molecule has 8 heteroatoms. The first kappa shape index (κ1) is 16.4. The summed E-state index contributed by atoms with van der Waals surface area (Å²) in [6.45, 7) is 0.0321. The molecule has 3 rings (SSSR count). The van der Waals surface area contributed by atoms with Crippen molar-refractivity contribution >= 4 is 29.0 Å². The Bertz CT molecular complexity index is 883. The number of halogens is 2. The number of nitrogens with two attached hydrogens (primary N) is 1. The predicted octanol–water partition coefficient (Wildman–Crippen LogP) is 3.68. The quantitative estimate of drug-likeness (QED) is 0.750. The number of aromatic nitrogens is 2. The third-order valence-electron chi connectivity index (χ3n) is 3.15. The van der Waals surface area contributed by atoms with Gasteiger partial charge in [0.2, 0.25) is 0 Å². The minimum absolute atomic E-state index is 0.0321. The molecule has 0 bridgehead atoms. The lowest BCUT2D eigenvalue weighted by molar-refractivity contribution is 0.0995. The van der Waals surface area contributed by atoms with E-state index < -0.39 is 11.7 Å². The molecule has 0 unspecified atom stereocenters. The van der Waals surface area contributed by atoms with E-state index in [9.17, 15) is 9.18 Å². The molecule has 24 heavy (non-hydrogen) atoms. The number of nitrogens with zero attached hydrogens (tertiary/aromatic N) is 2. The second kappa shape index (κ2) is 6.94. The normalized spacial score (nSPS) is 10.6. The summed E-state index contributed by atoms with van der Waals surface area (Å²) in [5, 5.41) is 1.20. The van der Waals surface area contributed by atoms with E-state index in [1.807, 2.05) is 12.1 Å². The Labute approximate surface area is 146 Å². The van der Waals surface area contributed by atoms with Gasteiger partial charge in [-0.2, -0.15) is 4.37 Å². The number of rotatable bonds is 5. The lowest BCUT2D eigenvalue weighted by Gasteiger charge is -2.07. The molecule has 0 saturated heterocycles. The van der Waals surface area contributed by atoms with Crippen LogP contribution in [0.2, 0.25) is 5.02 Å². The third-order valence-corrected chi connectivity index (χ3v) is 4.09. The van der Waals surface area contributed by atoms with Crippen molar-refractivity contribution in [2.24, 2.45) is 5.73 Å². The Hall–Kier alpha value is -2.51. The largest absolute Gasteiger partial charge is 0.483 e. The van der Waals surface area contributed by atoms with E-state index in [4.69, 9.17) is 22.1 Å². The van der Waals surface area contributed by atoms with Crippen molar-refractivity contribution in [2.75, 3.05) is 0 Å². The second-order valence-corrected chi connectivity index (χ2v) is 6.06. The summed E-state index contributed by atoms with van der Waals surface area (Å²) in [5.41, 5.74) is 5.71. The number of carbonyl (C=O) groups is 1. The van der Waals surface area contributed by atoms with Crippen LogP contribution in [-0.2, 0) is 6.61 Å². The Morgan fingerprint density at radius 2 is 2.00 bits per heavy atom. The zero-order valence-corrected chi connectivity index (χ0v) is 13.8. The number of hydrogen-bond acceptors (Lipinski definition) is 5. The molecule has 3 aromatic rings. The van der Waals surface area contributed by atoms with Gasteiger partial charge in [0.25, 0.3) is 5.91 Å². The smallest absolute Gasteiger partial charge is 0.251 e. The van der Waals surface area contributed by atoms with Gasteiger partial charge >= 0.3 is 0 Å². The van der Waals surface area contributed by atoms with Crippen molar-refractivity contribution < 1.29 is 13.9 Å². The highest BCUT2D eigenvalue weighted by atomic mass is 35.5. The molecule has 0 fully saturated rings. The summed E-state index contributed by atoms with van der Waals surface area (Å²) >= 11 is 7.00. The lowest BCUT2D eigenvalue weighted by Crippen LogP contribution is -2.13. The average Bonchev–Trinajstić information content (AvgIpc) is 3.03. The maximum absolute atomic E-state index is 14.1. The van der Waals surface area contributed by atoms with E-state index in [0.29, 0.717) is 15.9 Å². The van der Waals surface area contributed by atoms with Crippen LogP contribution in [0.1, 0.15) is 15.4 Å². The Balaban J connectivity index is 1.73. The van der Waals surface area contributed by atoms with Crippen molar-refractivity contribution in [2.45, 2.75) is 6.61 Å². The molecule has 1 aromatic heterocycles. The van der Waals surface area contributed by atoms with Crippen LogP contribution in [0, 0.1) is 5.82 Å². The molecule has 0 spiro atoms. The molecule has 1 amide bonds. The molecule has 1 heterocycles. The SMILES string of the molecule is NC(=O)c1cccc(OCc2nc(-c3ccc(Cl)cc3)ns2)c1F. The van der Waals surface area contributed by atoms with Gasteiger partial charge in [0.1, 0.15) is 6.61 Å². The second-order valence-electron chi connectivity index (χ2n) is 4.79. The predicted molar refractivity (Wildman–Crippen MR) is 89.6 cm³/mol. The van der Waals surface area contributed by atoms with Crippen molar-refractivity contribution in [3.63, 3.8) is 0 Å². The van der Waals surface area contributed by atoms with Crippen LogP contribution in [0.4, 0.5) is 4.39 Å². The number of hydrogen-bond donors (Lipinski definition) is 1. The molecule has 0 atom stereocenters. The average molecular weight is 364 g/mol. The molecule has 0 aliphatic heterocycles. The van der Waals surface area contributed by atoms with Crippen LogP contribution in [-0.4, -0.2) is 15.3 Å². The maximum Gasteiger partial charge on any atom is 0.251 e. The highest BCUT2D eigenvalue weighted by molar-refractivity contribution is 7.05. The minimum Gasteiger partial charge on any atom is -0.483 e. The number of primary amides is 1. The maximum atomic E-state index is 14.1. The fraction of sp³-hybridized carbons (Fsp3) is 0.0625. The first-order chi connectivity index (χ1) is 11.5. The molecular formula is C16H11ClFN3O2S. The van der Waals surface area contributed by atoms with Gasteiger partial charge in [0, 0.05) is 10.6 Å². The number of amides is 1. The van der Waals surface area contributed by atoms with Crippen molar-refractivity contribution in [1.82, 2.24) is 9.36 Å². The van der Waals surface area contributed by atoms with Crippen molar-refractivity contribution in [1.29, 1.82) is 0 Å². The van der Waals surface area contributed by atoms with Gasteiger partial charge in [-0.3, -0.25) is 4.79 Å². The van der Waals surface area contributed by atoms with Crippen LogP contribution < -0.4 is 10.5 Å². The Morgan fingerprint density at radius 3 is 2.71 bits per heavy atom. The van der Waals surface area contributed by atoms with Gasteiger partial charge in [-0.25, -0.2) is 9.37 Å². The first-order valence-corrected chi connectivity index (χ1v) is 7.99. The molecule has 0 radical (unpaired) electrons. The molecule has 2 aromatic carbocycles. The van der Waals surface area contributed by atoms with E-state index in [1.165, 1.54) is 18.2 Å². The minimum atomic E-state index is -0.848. The van der Waals surface area contributed by atoms with Crippen LogP contribution in [0.15, 0.2) is 42.5 Å². The van der Waals surface area contributed by atoms with Gasteiger partial charge in [-0.1, -0.05) is 17.7 Å². The Morgan fingerprint density at radius 1 is 1.25 bits per heavy atom. The van der Waals surface area contributed by atoms with Crippen LogP contribution >= 0.6 is 23.1 Å². The van der Waals surface area contributed by atoms with Gasteiger partial charge in [0.05, 0.1) is 5.56 Å². The Kier molecular flexibility index (Phi) is 4.73. The summed E-state index contributed by atoms with van der Waals surface area (Å²) in [4.78, 5) is 15.5. The molecule has 0 aliphatic rings. The van der Waals surface area contributed by atoms with Gasteiger partial charge in [0.15, 0.2) is 22.4 Å². The summed E-state index contributed by atoms with van der Waals surface area (Å²) in [7, 11) is 0. The zero-order valence-electron chi connectivity index (χ0n) is 12.2. The topological polar surface area (TPSA) is 78.1 Å². The van der Waals surface area contributed by atoms with Gasteiger partial charge < -0.3 is 10.5 Å². The van der Waals surface area contributed by atoms with E-state index in [1.54, 1.807) is 12.1 Å². The lowest BCUT2D eigenvalue weighted by atomic mass is 10.2. The molecule has 0 saturated carbocycles. The zero-order chi connectivity index (χ0) is 17.1. The molecule has 0 aliphatic carbocycles. The van der Waals surface area contributed by atoms with Crippen LogP contribution in [0.25, 0.3) is 11.4 Å². The van der Waals surface area contributed by atoms with E-state index in [0.717, 1.165) is 17.1 Å². The van der Waals surface area contributed by atoms with E-state index in [-0.39, 0.29) is 17.9 Å².